The van der Waals surface area contributed by atoms with Gasteiger partial charge in [-0.05, 0) is 34.1 Å². The summed E-state index contributed by atoms with van der Waals surface area (Å²) in [6.45, 7) is 5.82. The average Bonchev–Trinajstić information content (AvgIpc) is 2.25. The molecule has 116 valence electrons. The third-order valence-corrected chi connectivity index (χ3v) is 2.82. The number of ether oxygens (including phenoxy) is 2. The monoisotopic (exact) mass is 293 g/mol. The number of esters is 1. The highest BCUT2D eigenvalue weighted by Gasteiger charge is 2.50. The lowest BCUT2D eigenvalue weighted by Crippen LogP contribution is -2.54. The van der Waals surface area contributed by atoms with E-state index in [9.17, 15) is 18.4 Å². The molecule has 0 spiro atoms. The van der Waals surface area contributed by atoms with Crippen LogP contribution in [0.2, 0.25) is 0 Å². The van der Waals surface area contributed by atoms with Gasteiger partial charge in [0.25, 0.3) is 5.92 Å². The van der Waals surface area contributed by atoms with Gasteiger partial charge in [-0.2, -0.15) is 0 Å². The molecule has 0 bridgehead atoms. The van der Waals surface area contributed by atoms with Crippen LogP contribution in [0.4, 0.5) is 13.6 Å². The molecule has 0 aromatic carbocycles. The second-order valence-electron chi connectivity index (χ2n) is 5.76. The zero-order chi connectivity index (χ0) is 15.6. The Morgan fingerprint density at radius 3 is 2.40 bits per heavy atom. The molecule has 1 amide bonds. The van der Waals surface area contributed by atoms with E-state index in [1.807, 2.05) is 0 Å². The minimum absolute atomic E-state index is 0.0496. The molecule has 0 N–H and O–H groups in total. The van der Waals surface area contributed by atoms with Gasteiger partial charge in [0.05, 0.1) is 13.2 Å². The molecule has 0 radical (unpaired) electrons. The van der Waals surface area contributed by atoms with Crippen LogP contribution in [0.15, 0.2) is 0 Å². The number of rotatable bonds is 2. The molecule has 0 saturated carbocycles. The maximum absolute atomic E-state index is 13.9. The minimum atomic E-state index is -3.30. The molecular weight excluding hydrogens is 272 g/mol. The smallest absolute Gasteiger partial charge is 0.410 e. The van der Waals surface area contributed by atoms with Crippen molar-refractivity contribution >= 4 is 12.1 Å². The van der Waals surface area contributed by atoms with E-state index in [2.05, 4.69) is 4.74 Å². The van der Waals surface area contributed by atoms with Gasteiger partial charge in [0.2, 0.25) is 0 Å². The van der Waals surface area contributed by atoms with Gasteiger partial charge in [-0.1, -0.05) is 0 Å². The topological polar surface area (TPSA) is 55.8 Å². The van der Waals surface area contributed by atoms with Crippen molar-refractivity contribution in [3.8, 4) is 0 Å². The van der Waals surface area contributed by atoms with Gasteiger partial charge in [0.15, 0.2) is 0 Å². The number of nitrogens with zero attached hydrogens (tertiary/aromatic N) is 1. The van der Waals surface area contributed by atoms with Gasteiger partial charge in [-0.25, -0.2) is 13.6 Å². The zero-order valence-corrected chi connectivity index (χ0v) is 12.2. The molecule has 0 aliphatic carbocycles. The van der Waals surface area contributed by atoms with Crippen molar-refractivity contribution in [1.29, 1.82) is 0 Å². The highest BCUT2D eigenvalue weighted by molar-refractivity contribution is 5.75. The zero-order valence-electron chi connectivity index (χ0n) is 12.2. The molecular formula is C13H21F2NO4. The molecule has 1 heterocycles. The fraction of sp³-hybridized carbons (Fsp3) is 0.846. The maximum Gasteiger partial charge on any atom is 0.410 e. The minimum Gasteiger partial charge on any atom is -0.466 e. The van der Waals surface area contributed by atoms with Crippen LogP contribution in [0.1, 0.15) is 34.1 Å². The summed E-state index contributed by atoms with van der Waals surface area (Å²) in [6.07, 6.45) is -0.926. The number of carbonyl (C=O) groups excluding carboxylic acids is 2. The number of likely N-dealkylation sites (tertiary alicyclic amines) is 1. The molecule has 1 saturated heterocycles. The van der Waals surface area contributed by atoms with Crippen molar-refractivity contribution in [2.24, 2.45) is 5.92 Å². The second kappa shape index (κ2) is 5.93. The maximum atomic E-state index is 13.9. The largest absolute Gasteiger partial charge is 0.466 e. The second-order valence-corrected chi connectivity index (χ2v) is 5.76. The first-order valence-corrected chi connectivity index (χ1v) is 6.59. The first kappa shape index (κ1) is 16.7. The summed E-state index contributed by atoms with van der Waals surface area (Å²) < 4.78 is 37.6. The summed E-state index contributed by atoms with van der Waals surface area (Å²) in [7, 11) is 0. The van der Waals surface area contributed by atoms with Gasteiger partial charge in [-0.15, -0.1) is 0 Å². The summed E-state index contributed by atoms with van der Waals surface area (Å²) >= 11 is 0. The van der Waals surface area contributed by atoms with E-state index < -0.39 is 36.0 Å². The molecule has 7 heteroatoms. The van der Waals surface area contributed by atoms with E-state index in [0.717, 1.165) is 4.90 Å². The van der Waals surface area contributed by atoms with E-state index in [4.69, 9.17) is 4.74 Å². The molecule has 1 unspecified atom stereocenters. The number of carbonyl (C=O) groups is 2. The van der Waals surface area contributed by atoms with Gasteiger partial charge in [0, 0.05) is 6.54 Å². The Morgan fingerprint density at radius 2 is 1.95 bits per heavy atom. The summed E-state index contributed by atoms with van der Waals surface area (Å²) in [5.74, 6) is -5.72. The average molecular weight is 293 g/mol. The van der Waals surface area contributed by atoms with Crippen LogP contribution >= 0.6 is 0 Å². The fourth-order valence-electron chi connectivity index (χ4n) is 1.96. The van der Waals surface area contributed by atoms with Crippen molar-refractivity contribution in [3.05, 3.63) is 0 Å². The van der Waals surface area contributed by atoms with Gasteiger partial charge in [-0.3, -0.25) is 4.79 Å². The molecule has 1 rings (SSSR count). The number of halogens is 2. The van der Waals surface area contributed by atoms with E-state index in [0.29, 0.717) is 0 Å². The van der Waals surface area contributed by atoms with Crippen LogP contribution in [0.25, 0.3) is 0 Å². The van der Waals surface area contributed by atoms with Gasteiger partial charge >= 0.3 is 12.1 Å². The van der Waals surface area contributed by atoms with Crippen LogP contribution in [0, 0.1) is 5.92 Å². The SMILES string of the molecule is CCOC(=O)C1CCN(C(=O)OC(C)(C)C)CC1(F)F. The molecule has 5 nitrogen and oxygen atoms in total. The molecule has 0 aromatic rings. The number of hydrogen-bond acceptors (Lipinski definition) is 4. The first-order valence-electron chi connectivity index (χ1n) is 6.59. The van der Waals surface area contributed by atoms with Crippen LogP contribution < -0.4 is 0 Å². The number of alkyl halides is 2. The summed E-state index contributed by atoms with van der Waals surface area (Å²) in [6, 6.07) is 0. The highest BCUT2D eigenvalue weighted by atomic mass is 19.3. The number of hydrogen-bond donors (Lipinski definition) is 0. The van der Waals surface area contributed by atoms with Crippen molar-refractivity contribution in [2.75, 3.05) is 19.7 Å². The van der Waals surface area contributed by atoms with E-state index >= 15 is 0 Å². The van der Waals surface area contributed by atoms with Crippen molar-refractivity contribution in [2.45, 2.75) is 45.6 Å². The Hall–Kier alpha value is -1.40. The van der Waals surface area contributed by atoms with Crippen molar-refractivity contribution < 1.29 is 27.8 Å². The predicted octanol–water partition coefficient (Wildman–Crippen LogP) is 2.44. The Morgan fingerprint density at radius 1 is 1.35 bits per heavy atom. The van der Waals surface area contributed by atoms with Crippen molar-refractivity contribution in [1.82, 2.24) is 4.90 Å². The first-order chi connectivity index (χ1) is 9.07. The normalized spacial score (nSPS) is 22.3. The van der Waals surface area contributed by atoms with E-state index in [1.165, 1.54) is 0 Å². The molecule has 0 aromatic heterocycles. The quantitative estimate of drug-likeness (QED) is 0.734. The Kier molecular flexibility index (Phi) is 4.94. The van der Waals surface area contributed by atoms with Crippen LogP contribution in [-0.4, -0.2) is 48.2 Å². The Balaban J connectivity index is 2.69. The molecule has 20 heavy (non-hydrogen) atoms. The fourth-order valence-corrected chi connectivity index (χ4v) is 1.96. The molecule has 1 aliphatic heterocycles. The standard InChI is InChI=1S/C13H21F2NO4/c1-5-19-10(17)9-6-7-16(8-13(9,14)15)11(18)20-12(2,3)4/h9H,5-8H2,1-4H3. The summed E-state index contributed by atoms with van der Waals surface area (Å²) in [5, 5.41) is 0. The van der Waals surface area contributed by atoms with Gasteiger partial charge in [0.1, 0.15) is 11.5 Å². The van der Waals surface area contributed by atoms with Crippen LogP contribution in [-0.2, 0) is 14.3 Å². The summed E-state index contributed by atoms with van der Waals surface area (Å²) in [5.41, 5.74) is -0.746. The third-order valence-electron chi connectivity index (χ3n) is 2.82. The highest BCUT2D eigenvalue weighted by Crippen LogP contribution is 2.34. The molecule has 1 aliphatic rings. The lowest BCUT2D eigenvalue weighted by atomic mass is 9.93. The Bertz CT molecular complexity index is 379. The van der Waals surface area contributed by atoms with Crippen molar-refractivity contribution in [3.63, 3.8) is 0 Å². The lowest BCUT2D eigenvalue weighted by Gasteiger charge is -2.37. The van der Waals surface area contributed by atoms with Crippen LogP contribution in [0.5, 0.6) is 0 Å². The Labute approximate surface area is 117 Å². The molecule has 1 atom stereocenters. The summed E-state index contributed by atoms with van der Waals surface area (Å²) in [4.78, 5) is 24.2. The number of piperidine rings is 1. The lowest BCUT2D eigenvalue weighted by molar-refractivity contribution is -0.172. The van der Waals surface area contributed by atoms with E-state index in [1.54, 1.807) is 27.7 Å². The predicted molar refractivity (Wildman–Crippen MR) is 67.5 cm³/mol. The van der Waals surface area contributed by atoms with Gasteiger partial charge < -0.3 is 14.4 Å². The third kappa shape index (κ3) is 4.31. The van der Waals surface area contributed by atoms with E-state index in [-0.39, 0.29) is 19.6 Å². The van der Waals surface area contributed by atoms with Crippen LogP contribution in [0.3, 0.4) is 0 Å². The number of amides is 1. The molecule has 1 fully saturated rings.